The highest BCUT2D eigenvalue weighted by Crippen LogP contribution is 2.45. The van der Waals surface area contributed by atoms with Gasteiger partial charge in [0.1, 0.15) is 0 Å². The molecule has 1 N–H and O–H groups in total. The van der Waals surface area contributed by atoms with E-state index in [1.807, 2.05) is 41.3 Å². The molecule has 3 aromatic carbocycles. The molecule has 0 spiro atoms. The van der Waals surface area contributed by atoms with Crippen LogP contribution in [0.4, 0.5) is 11.4 Å². The molecule has 1 saturated carbocycles. The zero-order valence-electron chi connectivity index (χ0n) is 20.7. The summed E-state index contributed by atoms with van der Waals surface area (Å²) in [4.78, 5) is 30.6. The molecular weight excluding hydrogens is 446 g/mol. The molecule has 184 valence electrons. The smallest absolute Gasteiger partial charge is 0.234 e. The Bertz CT molecular complexity index is 1210. The number of rotatable bonds is 4. The first-order chi connectivity index (χ1) is 17.7. The molecule has 0 bridgehead atoms. The number of hydrogen-bond donors (Lipinski definition) is 1. The minimum atomic E-state index is -0.212. The van der Waals surface area contributed by atoms with Crippen molar-refractivity contribution in [2.45, 2.75) is 38.0 Å². The van der Waals surface area contributed by atoms with Crippen molar-refractivity contribution in [1.82, 2.24) is 4.90 Å². The van der Waals surface area contributed by atoms with E-state index in [0.29, 0.717) is 13.1 Å². The van der Waals surface area contributed by atoms with Crippen molar-refractivity contribution in [3.8, 4) is 11.1 Å². The molecule has 3 aromatic rings. The summed E-state index contributed by atoms with van der Waals surface area (Å²) in [6, 6.07) is 24.8. The standard InChI is InChI=1S/C31H33N3O2/c35-30(22-8-2-1-3-9-22)32-23-14-16-24(17-15-23)33-18-20-34(21-19-33)31(36)29-27-12-6-4-10-25(27)26-11-5-7-13-28(26)29/h4-7,10-17,22,29H,1-3,8-9,18-21H2,(H,32,35). The average Bonchev–Trinajstić information content (AvgIpc) is 3.28. The summed E-state index contributed by atoms with van der Waals surface area (Å²) >= 11 is 0. The van der Waals surface area contributed by atoms with Gasteiger partial charge in [0.15, 0.2) is 0 Å². The fourth-order valence-corrected chi connectivity index (χ4v) is 6.15. The molecule has 2 amide bonds. The summed E-state index contributed by atoms with van der Waals surface area (Å²) in [5, 5.41) is 3.10. The quantitative estimate of drug-likeness (QED) is 0.525. The van der Waals surface area contributed by atoms with Crippen LogP contribution < -0.4 is 10.2 Å². The van der Waals surface area contributed by atoms with Crippen LogP contribution in [0, 0.1) is 5.92 Å². The molecule has 6 rings (SSSR count). The van der Waals surface area contributed by atoms with Crippen molar-refractivity contribution < 1.29 is 9.59 Å². The Morgan fingerprint density at radius 1 is 0.694 bits per heavy atom. The van der Waals surface area contributed by atoms with Crippen LogP contribution in [0.2, 0.25) is 0 Å². The number of nitrogens with one attached hydrogen (secondary N) is 1. The molecular formula is C31H33N3O2. The summed E-state index contributed by atoms with van der Waals surface area (Å²) < 4.78 is 0. The van der Waals surface area contributed by atoms with Crippen LogP contribution in [0.5, 0.6) is 0 Å². The highest BCUT2D eigenvalue weighted by molar-refractivity contribution is 5.96. The zero-order valence-corrected chi connectivity index (χ0v) is 20.7. The van der Waals surface area contributed by atoms with Crippen molar-refractivity contribution in [2.24, 2.45) is 5.92 Å². The average molecular weight is 480 g/mol. The van der Waals surface area contributed by atoms with Gasteiger partial charge in [-0.05, 0) is 59.4 Å². The van der Waals surface area contributed by atoms with Gasteiger partial charge in [-0.1, -0.05) is 67.8 Å². The Kier molecular flexibility index (Phi) is 6.22. The molecule has 0 radical (unpaired) electrons. The molecule has 3 aliphatic rings. The van der Waals surface area contributed by atoms with E-state index >= 15 is 0 Å². The van der Waals surface area contributed by atoms with Crippen molar-refractivity contribution in [3.63, 3.8) is 0 Å². The largest absolute Gasteiger partial charge is 0.368 e. The van der Waals surface area contributed by atoms with Crippen LogP contribution in [0.3, 0.4) is 0 Å². The maximum atomic E-state index is 13.7. The number of carbonyl (C=O) groups excluding carboxylic acids is 2. The van der Waals surface area contributed by atoms with E-state index in [2.05, 4.69) is 46.6 Å². The molecule has 1 aliphatic heterocycles. The van der Waals surface area contributed by atoms with E-state index < -0.39 is 0 Å². The summed E-state index contributed by atoms with van der Waals surface area (Å²) in [7, 11) is 0. The first-order valence-corrected chi connectivity index (χ1v) is 13.3. The van der Waals surface area contributed by atoms with Gasteiger partial charge in [0.25, 0.3) is 0 Å². The molecule has 1 heterocycles. The molecule has 2 aliphatic carbocycles. The van der Waals surface area contributed by atoms with Crippen molar-refractivity contribution in [1.29, 1.82) is 0 Å². The van der Waals surface area contributed by atoms with Gasteiger partial charge in [-0.15, -0.1) is 0 Å². The van der Waals surface area contributed by atoms with Gasteiger partial charge in [0, 0.05) is 43.5 Å². The number of nitrogens with zero attached hydrogens (tertiary/aromatic N) is 2. The second-order valence-corrected chi connectivity index (χ2v) is 10.3. The number of piperazine rings is 1. The molecule has 0 unspecified atom stereocenters. The predicted octanol–water partition coefficient (Wildman–Crippen LogP) is 5.67. The van der Waals surface area contributed by atoms with E-state index in [-0.39, 0.29) is 23.7 Å². The number of anilines is 2. The Labute approximate surface area is 213 Å². The summed E-state index contributed by atoms with van der Waals surface area (Å²) in [5.74, 6) is 0.302. The summed E-state index contributed by atoms with van der Waals surface area (Å²) in [5.41, 5.74) is 6.60. The van der Waals surface area contributed by atoms with Crippen LogP contribution in [0.15, 0.2) is 72.8 Å². The Balaban J connectivity index is 1.09. The van der Waals surface area contributed by atoms with Crippen LogP contribution in [0.1, 0.15) is 49.1 Å². The van der Waals surface area contributed by atoms with Gasteiger partial charge in [-0.2, -0.15) is 0 Å². The van der Waals surface area contributed by atoms with Crippen LogP contribution >= 0.6 is 0 Å². The predicted molar refractivity (Wildman–Crippen MR) is 144 cm³/mol. The zero-order chi connectivity index (χ0) is 24.5. The van der Waals surface area contributed by atoms with E-state index in [4.69, 9.17) is 0 Å². The molecule has 5 nitrogen and oxygen atoms in total. The second kappa shape index (κ2) is 9.81. The molecule has 0 atom stereocenters. The first kappa shape index (κ1) is 22.8. The summed E-state index contributed by atoms with van der Waals surface area (Å²) in [6.45, 7) is 3.02. The highest BCUT2D eigenvalue weighted by atomic mass is 16.2. The van der Waals surface area contributed by atoms with Gasteiger partial charge in [0.2, 0.25) is 11.8 Å². The van der Waals surface area contributed by atoms with Crippen LogP contribution in [-0.2, 0) is 9.59 Å². The number of carbonyl (C=O) groups is 2. The van der Waals surface area contributed by atoms with E-state index in [1.165, 1.54) is 17.5 Å². The maximum absolute atomic E-state index is 13.7. The van der Waals surface area contributed by atoms with E-state index in [1.54, 1.807) is 0 Å². The number of fused-ring (bicyclic) bond motifs is 3. The van der Waals surface area contributed by atoms with Crippen LogP contribution in [-0.4, -0.2) is 42.9 Å². The van der Waals surface area contributed by atoms with Crippen molar-refractivity contribution in [3.05, 3.63) is 83.9 Å². The molecule has 36 heavy (non-hydrogen) atoms. The minimum absolute atomic E-state index is 0.155. The lowest BCUT2D eigenvalue weighted by atomic mass is 9.88. The van der Waals surface area contributed by atoms with Crippen molar-refractivity contribution in [2.75, 3.05) is 36.4 Å². The highest BCUT2D eigenvalue weighted by Gasteiger charge is 2.36. The Morgan fingerprint density at radius 3 is 1.89 bits per heavy atom. The molecule has 1 saturated heterocycles. The lowest BCUT2D eigenvalue weighted by molar-refractivity contribution is -0.132. The Hall–Kier alpha value is -3.60. The monoisotopic (exact) mass is 479 g/mol. The van der Waals surface area contributed by atoms with Gasteiger partial charge in [-0.25, -0.2) is 0 Å². The minimum Gasteiger partial charge on any atom is -0.368 e. The number of hydrogen-bond acceptors (Lipinski definition) is 3. The van der Waals surface area contributed by atoms with Crippen LogP contribution in [0.25, 0.3) is 11.1 Å². The third kappa shape index (κ3) is 4.27. The van der Waals surface area contributed by atoms with Gasteiger partial charge >= 0.3 is 0 Å². The fraction of sp³-hybridized carbons (Fsp3) is 0.355. The topological polar surface area (TPSA) is 52.7 Å². The number of benzene rings is 3. The first-order valence-electron chi connectivity index (χ1n) is 13.3. The van der Waals surface area contributed by atoms with Gasteiger partial charge < -0.3 is 15.1 Å². The van der Waals surface area contributed by atoms with Crippen molar-refractivity contribution >= 4 is 23.2 Å². The molecule has 5 heteroatoms. The lowest BCUT2D eigenvalue weighted by Crippen LogP contribution is -2.50. The summed E-state index contributed by atoms with van der Waals surface area (Å²) in [6.07, 6.45) is 5.57. The normalized spacial score (nSPS) is 18.0. The van der Waals surface area contributed by atoms with Gasteiger partial charge in [-0.3, -0.25) is 9.59 Å². The molecule has 0 aromatic heterocycles. The Morgan fingerprint density at radius 2 is 1.28 bits per heavy atom. The third-order valence-electron chi connectivity index (χ3n) is 8.15. The van der Waals surface area contributed by atoms with E-state index in [9.17, 15) is 9.59 Å². The third-order valence-corrected chi connectivity index (χ3v) is 8.15. The van der Waals surface area contributed by atoms with Gasteiger partial charge in [0.05, 0.1) is 5.92 Å². The number of amides is 2. The molecule has 2 fully saturated rings. The fourth-order valence-electron chi connectivity index (χ4n) is 6.15. The second-order valence-electron chi connectivity index (χ2n) is 10.3. The lowest BCUT2D eigenvalue weighted by Gasteiger charge is -2.37. The van der Waals surface area contributed by atoms with E-state index in [0.717, 1.165) is 61.3 Å². The SMILES string of the molecule is O=C(Nc1ccc(N2CCN(C(=O)C3c4ccccc4-c4ccccc43)CC2)cc1)C1CCCCC1. The maximum Gasteiger partial charge on any atom is 0.234 e.